The number of terminal acetylenes is 1. The van der Waals surface area contributed by atoms with Gasteiger partial charge in [0.05, 0.1) is 6.10 Å². The Hall–Kier alpha value is -1.01. The smallest absolute Gasteiger partial charge is 0.221 e. The van der Waals surface area contributed by atoms with Crippen LogP contribution in [0.25, 0.3) is 0 Å². The second kappa shape index (κ2) is 5.75. The molecule has 1 unspecified atom stereocenters. The van der Waals surface area contributed by atoms with E-state index in [4.69, 9.17) is 11.5 Å². The molecule has 0 fully saturated rings. The van der Waals surface area contributed by atoms with E-state index >= 15 is 0 Å². The summed E-state index contributed by atoms with van der Waals surface area (Å²) in [7, 11) is 0. The third kappa shape index (κ3) is 6.88. The van der Waals surface area contributed by atoms with Gasteiger partial charge in [-0.25, -0.2) is 0 Å². The van der Waals surface area contributed by atoms with Gasteiger partial charge in [0.25, 0.3) is 0 Å². The molecule has 0 spiro atoms. The van der Waals surface area contributed by atoms with Gasteiger partial charge in [0.1, 0.15) is 0 Å². The summed E-state index contributed by atoms with van der Waals surface area (Å²) < 4.78 is 0. The highest BCUT2D eigenvalue weighted by molar-refractivity contribution is 5.76. The molecular formula is C8H13NO2. The highest BCUT2D eigenvalue weighted by Gasteiger charge is 2.00. The van der Waals surface area contributed by atoms with Gasteiger partial charge in [0.2, 0.25) is 5.91 Å². The van der Waals surface area contributed by atoms with Crippen molar-refractivity contribution in [2.24, 2.45) is 0 Å². The van der Waals surface area contributed by atoms with E-state index in [2.05, 4.69) is 11.2 Å². The molecule has 3 nitrogen and oxygen atoms in total. The molecule has 0 saturated heterocycles. The van der Waals surface area contributed by atoms with Crippen LogP contribution in [-0.4, -0.2) is 23.7 Å². The van der Waals surface area contributed by atoms with Crippen molar-refractivity contribution >= 4 is 5.91 Å². The van der Waals surface area contributed by atoms with E-state index < -0.39 is 6.10 Å². The number of aliphatic hydroxyl groups excluding tert-OH is 1. The summed E-state index contributed by atoms with van der Waals surface area (Å²) in [5.41, 5.74) is 0. The average Bonchev–Trinajstić information content (AvgIpc) is 1.97. The van der Waals surface area contributed by atoms with E-state index in [0.717, 1.165) is 0 Å². The highest BCUT2D eigenvalue weighted by atomic mass is 16.3. The van der Waals surface area contributed by atoms with Crippen LogP contribution in [0.4, 0.5) is 0 Å². The van der Waals surface area contributed by atoms with Gasteiger partial charge in [0.15, 0.2) is 0 Å². The van der Waals surface area contributed by atoms with E-state index in [1.165, 1.54) is 0 Å². The van der Waals surface area contributed by atoms with Crippen molar-refractivity contribution in [3.8, 4) is 12.3 Å². The summed E-state index contributed by atoms with van der Waals surface area (Å²) >= 11 is 0. The summed E-state index contributed by atoms with van der Waals surface area (Å²) in [5, 5.41) is 11.3. The first-order valence-electron chi connectivity index (χ1n) is 3.55. The maximum atomic E-state index is 10.8. The van der Waals surface area contributed by atoms with E-state index in [1.807, 2.05) is 0 Å². The SMILES string of the molecule is C#CCCC(=O)NCC(C)O. The van der Waals surface area contributed by atoms with Gasteiger partial charge in [-0.15, -0.1) is 12.3 Å². The Morgan fingerprint density at radius 2 is 2.45 bits per heavy atom. The summed E-state index contributed by atoms with van der Waals surface area (Å²) in [6.45, 7) is 1.91. The van der Waals surface area contributed by atoms with Crippen LogP contribution in [0.5, 0.6) is 0 Å². The lowest BCUT2D eigenvalue weighted by molar-refractivity contribution is -0.121. The zero-order valence-corrected chi connectivity index (χ0v) is 6.63. The number of hydrogen-bond donors (Lipinski definition) is 2. The van der Waals surface area contributed by atoms with Gasteiger partial charge in [-0.3, -0.25) is 4.79 Å². The van der Waals surface area contributed by atoms with Gasteiger partial charge < -0.3 is 10.4 Å². The second-order valence-electron chi connectivity index (χ2n) is 2.36. The van der Waals surface area contributed by atoms with Crippen molar-refractivity contribution in [3.05, 3.63) is 0 Å². The lowest BCUT2D eigenvalue weighted by Gasteiger charge is -2.04. The fourth-order valence-electron chi connectivity index (χ4n) is 0.536. The molecule has 0 heterocycles. The first-order chi connectivity index (χ1) is 5.16. The van der Waals surface area contributed by atoms with Crippen LogP contribution in [0, 0.1) is 12.3 Å². The number of carbonyl (C=O) groups excluding carboxylic acids is 1. The predicted octanol–water partition coefficient (Wildman–Crippen LogP) is -0.103. The van der Waals surface area contributed by atoms with Crippen LogP contribution in [0.15, 0.2) is 0 Å². The van der Waals surface area contributed by atoms with Crippen LogP contribution in [0.2, 0.25) is 0 Å². The maximum absolute atomic E-state index is 10.8. The monoisotopic (exact) mass is 155 g/mol. The summed E-state index contributed by atoms with van der Waals surface area (Å²) in [4.78, 5) is 10.8. The minimum Gasteiger partial charge on any atom is -0.392 e. The molecule has 1 amide bonds. The zero-order valence-electron chi connectivity index (χ0n) is 6.63. The van der Waals surface area contributed by atoms with Crippen LogP contribution in [0.1, 0.15) is 19.8 Å². The molecule has 0 aromatic carbocycles. The minimum absolute atomic E-state index is 0.108. The van der Waals surface area contributed by atoms with Gasteiger partial charge in [-0.2, -0.15) is 0 Å². The van der Waals surface area contributed by atoms with Crippen molar-refractivity contribution in [2.75, 3.05) is 6.54 Å². The standard InChI is InChI=1S/C8H13NO2/c1-3-4-5-8(11)9-6-7(2)10/h1,7,10H,4-6H2,2H3,(H,9,11). The van der Waals surface area contributed by atoms with E-state index in [9.17, 15) is 4.79 Å². The minimum atomic E-state index is -0.496. The van der Waals surface area contributed by atoms with Crippen LogP contribution in [-0.2, 0) is 4.79 Å². The highest BCUT2D eigenvalue weighted by Crippen LogP contribution is 1.85. The van der Waals surface area contributed by atoms with Gasteiger partial charge in [-0.1, -0.05) is 0 Å². The summed E-state index contributed by atoms with van der Waals surface area (Å²) in [5.74, 6) is 2.26. The van der Waals surface area contributed by atoms with E-state index in [-0.39, 0.29) is 5.91 Å². The zero-order chi connectivity index (χ0) is 8.69. The Bertz CT molecular complexity index is 158. The van der Waals surface area contributed by atoms with Crippen molar-refractivity contribution in [3.63, 3.8) is 0 Å². The van der Waals surface area contributed by atoms with E-state index in [0.29, 0.717) is 19.4 Å². The largest absolute Gasteiger partial charge is 0.392 e. The fourth-order valence-corrected chi connectivity index (χ4v) is 0.536. The molecule has 0 rings (SSSR count). The molecule has 0 aromatic heterocycles. The molecule has 0 aliphatic rings. The fraction of sp³-hybridized carbons (Fsp3) is 0.625. The Labute approximate surface area is 66.8 Å². The molecule has 1 atom stereocenters. The summed E-state index contributed by atoms with van der Waals surface area (Å²) in [6, 6.07) is 0. The quantitative estimate of drug-likeness (QED) is 0.557. The average molecular weight is 155 g/mol. The third-order valence-electron chi connectivity index (χ3n) is 1.09. The topological polar surface area (TPSA) is 49.3 Å². The number of aliphatic hydroxyl groups is 1. The molecule has 0 saturated carbocycles. The van der Waals surface area contributed by atoms with Crippen molar-refractivity contribution < 1.29 is 9.90 Å². The molecule has 0 aromatic rings. The molecule has 62 valence electrons. The molecule has 2 N–H and O–H groups in total. The first-order valence-corrected chi connectivity index (χ1v) is 3.55. The van der Waals surface area contributed by atoms with E-state index in [1.54, 1.807) is 6.92 Å². The Morgan fingerprint density at radius 3 is 2.91 bits per heavy atom. The number of amides is 1. The predicted molar refractivity (Wildman–Crippen MR) is 42.8 cm³/mol. The lowest BCUT2D eigenvalue weighted by Crippen LogP contribution is -2.30. The van der Waals surface area contributed by atoms with Crippen LogP contribution >= 0.6 is 0 Å². The molecule has 3 heteroatoms. The molecule has 0 radical (unpaired) electrons. The maximum Gasteiger partial charge on any atom is 0.221 e. The number of nitrogens with one attached hydrogen (secondary N) is 1. The van der Waals surface area contributed by atoms with Crippen molar-refractivity contribution in [1.29, 1.82) is 0 Å². The molecule has 11 heavy (non-hydrogen) atoms. The molecule has 0 aliphatic heterocycles. The number of rotatable bonds is 4. The number of carbonyl (C=O) groups is 1. The first kappa shape index (κ1) is 9.99. The lowest BCUT2D eigenvalue weighted by atomic mass is 10.3. The van der Waals surface area contributed by atoms with Crippen molar-refractivity contribution in [2.45, 2.75) is 25.9 Å². The Morgan fingerprint density at radius 1 is 1.82 bits per heavy atom. The van der Waals surface area contributed by atoms with Gasteiger partial charge in [0, 0.05) is 19.4 Å². The van der Waals surface area contributed by atoms with Crippen LogP contribution in [0.3, 0.4) is 0 Å². The molecule has 0 aliphatic carbocycles. The Balaban J connectivity index is 3.32. The van der Waals surface area contributed by atoms with Gasteiger partial charge in [-0.05, 0) is 6.92 Å². The number of hydrogen-bond acceptors (Lipinski definition) is 2. The summed E-state index contributed by atoms with van der Waals surface area (Å²) in [6.07, 6.45) is 5.24. The second-order valence-corrected chi connectivity index (χ2v) is 2.36. The normalized spacial score (nSPS) is 11.7. The van der Waals surface area contributed by atoms with Crippen molar-refractivity contribution in [1.82, 2.24) is 5.32 Å². The molecule has 0 bridgehead atoms. The Kier molecular flexibility index (Phi) is 5.22. The molecular weight excluding hydrogens is 142 g/mol. The van der Waals surface area contributed by atoms with Crippen LogP contribution < -0.4 is 5.32 Å². The van der Waals surface area contributed by atoms with Gasteiger partial charge >= 0.3 is 0 Å². The third-order valence-corrected chi connectivity index (χ3v) is 1.09.